The van der Waals surface area contributed by atoms with Gasteiger partial charge in [0.25, 0.3) is 0 Å². The van der Waals surface area contributed by atoms with Gasteiger partial charge in [-0.1, -0.05) is 32.9 Å². The Labute approximate surface area is 133 Å². The van der Waals surface area contributed by atoms with E-state index in [0.29, 0.717) is 12.4 Å². The Balaban J connectivity index is 1.97. The van der Waals surface area contributed by atoms with Gasteiger partial charge in [0.2, 0.25) is 0 Å². The zero-order chi connectivity index (χ0) is 16.1. The van der Waals surface area contributed by atoms with Crippen LogP contribution in [0.25, 0.3) is 0 Å². The molecule has 2 heterocycles. The van der Waals surface area contributed by atoms with Gasteiger partial charge in [0.05, 0.1) is 18.8 Å². The Hall–Kier alpha value is -1.47. The molecule has 0 aromatic carbocycles. The number of aromatic nitrogens is 3. The van der Waals surface area contributed by atoms with Crippen molar-refractivity contribution in [1.29, 1.82) is 0 Å². The van der Waals surface area contributed by atoms with E-state index in [1.165, 1.54) is 15.1 Å². The van der Waals surface area contributed by atoms with Crippen LogP contribution in [0.3, 0.4) is 0 Å². The smallest absolute Gasteiger partial charge is 0.324 e. The van der Waals surface area contributed by atoms with Crippen LogP contribution in [-0.2, 0) is 24.9 Å². The highest BCUT2D eigenvalue weighted by molar-refractivity contribution is 7.11. The molecule has 7 heteroatoms. The molecule has 0 saturated carbocycles. The van der Waals surface area contributed by atoms with Gasteiger partial charge in [-0.15, -0.1) is 11.3 Å². The summed E-state index contributed by atoms with van der Waals surface area (Å²) in [7, 11) is 0. The van der Waals surface area contributed by atoms with E-state index < -0.39 is 5.76 Å². The van der Waals surface area contributed by atoms with Crippen LogP contribution in [0.4, 0.5) is 0 Å². The molecule has 2 aromatic rings. The largest absolute Gasteiger partial charge is 0.442 e. The molecule has 22 heavy (non-hydrogen) atoms. The summed E-state index contributed by atoms with van der Waals surface area (Å²) in [5, 5.41) is 4.60. The molecule has 0 radical (unpaired) electrons. The van der Waals surface area contributed by atoms with Crippen LogP contribution in [0.15, 0.2) is 9.32 Å². The number of nitrogens with zero attached hydrogens (tertiary/aromatic N) is 3. The Kier molecular flexibility index (Phi) is 3.52. The van der Waals surface area contributed by atoms with E-state index in [0.717, 1.165) is 17.8 Å². The fourth-order valence-electron chi connectivity index (χ4n) is 3.64. The fourth-order valence-corrected chi connectivity index (χ4v) is 4.81. The molecule has 1 aliphatic rings. The fraction of sp³-hybridized carbons (Fsp3) is 0.667. The molecule has 1 aliphatic carbocycles. The molecule has 0 saturated heterocycles. The van der Waals surface area contributed by atoms with Crippen molar-refractivity contribution in [2.45, 2.75) is 59.0 Å². The Bertz CT molecular complexity index is 754. The lowest BCUT2D eigenvalue weighted by atomic mass is 9.67. The van der Waals surface area contributed by atoms with Crippen molar-refractivity contribution in [2.24, 2.45) is 11.1 Å². The molecular weight excluding hydrogens is 300 g/mol. The SMILES string of the molecule is CC1(C)Cc2nc(Cn3c(CN)noc3=O)sc2C(C)(C)C1. The van der Waals surface area contributed by atoms with Gasteiger partial charge in [-0.05, 0) is 18.3 Å². The molecule has 0 unspecified atom stereocenters. The minimum absolute atomic E-state index is 0.114. The summed E-state index contributed by atoms with van der Waals surface area (Å²) in [6.45, 7) is 9.66. The maximum absolute atomic E-state index is 11.7. The Morgan fingerprint density at radius 1 is 1.36 bits per heavy atom. The van der Waals surface area contributed by atoms with E-state index in [2.05, 4.69) is 37.4 Å². The van der Waals surface area contributed by atoms with Crippen molar-refractivity contribution >= 4 is 11.3 Å². The minimum Gasteiger partial charge on any atom is -0.324 e. The summed E-state index contributed by atoms with van der Waals surface area (Å²) in [6.07, 6.45) is 2.11. The molecule has 0 atom stereocenters. The van der Waals surface area contributed by atoms with E-state index in [-0.39, 0.29) is 17.4 Å². The highest BCUT2D eigenvalue weighted by Crippen LogP contribution is 2.47. The van der Waals surface area contributed by atoms with Crippen molar-refractivity contribution in [3.8, 4) is 0 Å². The van der Waals surface area contributed by atoms with Crippen molar-refractivity contribution in [3.05, 3.63) is 32.0 Å². The van der Waals surface area contributed by atoms with Gasteiger partial charge in [0, 0.05) is 10.3 Å². The molecule has 6 nitrogen and oxygen atoms in total. The first-order valence-electron chi connectivity index (χ1n) is 7.46. The van der Waals surface area contributed by atoms with E-state index >= 15 is 0 Å². The minimum atomic E-state index is -0.479. The zero-order valence-corrected chi connectivity index (χ0v) is 14.3. The number of fused-ring (bicyclic) bond motifs is 1. The third-order valence-corrected chi connectivity index (χ3v) is 5.61. The second-order valence-electron chi connectivity index (χ2n) is 7.44. The molecule has 0 bridgehead atoms. The quantitative estimate of drug-likeness (QED) is 0.934. The van der Waals surface area contributed by atoms with Gasteiger partial charge < -0.3 is 5.73 Å². The summed E-state index contributed by atoms with van der Waals surface area (Å²) in [6, 6.07) is 0. The highest BCUT2D eigenvalue weighted by Gasteiger charge is 2.39. The lowest BCUT2D eigenvalue weighted by Crippen LogP contribution is -2.33. The first kappa shape index (κ1) is 15.4. The summed E-state index contributed by atoms with van der Waals surface area (Å²) in [4.78, 5) is 17.8. The van der Waals surface area contributed by atoms with Gasteiger partial charge in [-0.25, -0.2) is 9.78 Å². The maximum Gasteiger partial charge on any atom is 0.442 e. The monoisotopic (exact) mass is 322 g/mol. The molecule has 0 amide bonds. The predicted molar refractivity (Wildman–Crippen MR) is 85.0 cm³/mol. The molecule has 0 fully saturated rings. The molecular formula is C15H22N4O2S. The number of nitrogens with two attached hydrogens (primary N) is 1. The van der Waals surface area contributed by atoms with Crippen LogP contribution < -0.4 is 11.5 Å². The van der Waals surface area contributed by atoms with Crippen molar-refractivity contribution in [1.82, 2.24) is 14.7 Å². The zero-order valence-electron chi connectivity index (χ0n) is 13.5. The topological polar surface area (TPSA) is 86.9 Å². The predicted octanol–water partition coefficient (Wildman–Crippen LogP) is 2.05. The van der Waals surface area contributed by atoms with Crippen LogP contribution >= 0.6 is 11.3 Å². The van der Waals surface area contributed by atoms with Gasteiger partial charge >= 0.3 is 5.76 Å². The van der Waals surface area contributed by atoms with E-state index in [4.69, 9.17) is 10.7 Å². The average molecular weight is 322 g/mol. The molecule has 120 valence electrons. The van der Waals surface area contributed by atoms with Crippen LogP contribution in [0.5, 0.6) is 0 Å². The Morgan fingerprint density at radius 2 is 2.09 bits per heavy atom. The van der Waals surface area contributed by atoms with Crippen molar-refractivity contribution in [3.63, 3.8) is 0 Å². The van der Waals surface area contributed by atoms with E-state index in [9.17, 15) is 4.79 Å². The van der Waals surface area contributed by atoms with Crippen molar-refractivity contribution < 1.29 is 4.52 Å². The number of hydrogen-bond acceptors (Lipinski definition) is 6. The van der Waals surface area contributed by atoms with E-state index in [1.807, 2.05) is 0 Å². The molecule has 3 rings (SSSR count). The third kappa shape index (κ3) is 2.63. The second-order valence-corrected chi connectivity index (χ2v) is 8.52. The normalized spacial score (nSPS) is 19.1. The molecule has 2 N–H and O–H groups in total. The van der Waals surface area contributed by atoms with Crippen LogP contribution in [-0.4, -0.2) is 14.7 Å². The number of hydrogen-bond donors (Lipinski definition) is 1. The summed E-state index contributed by atoms with van der Waals surface area (Å²) in [5.41, 5.74) is 7.12. The molecule has 2 aromatic heterocycles. The van der Waals surface area contributed by atoms with Gasteiger partial charge in [-0.3, -0.25) is 9.09 Å². The number of thiazole rings is 1. The first-order valence-corrected chi connectivity index (χ1v) is 8.28. The molecule has 0 spiro atoms. The lowest BCUT2D eigenvalue weighted by molar-refractivity contribution is 0.232. The summed E-state index contributed by atoms with van der Waals surface area (Å²) < 4.78 is 6.15. The van der Waals surface area contributed by atoms with Crippen LogP contribution in [0.2, 0.25) is 0 Å². The maximum atomic E-state index is 11.7. The van der Waals surface area contributed by atoms with Gasteiger partial charge in [0.1, 0.15) is 5.01 Å². The average Bonchev–Trinajstić information content (AvgIpc) is 2.93. The van der Waals surface area contributed by atoms with E-state index in [1.54, 1.807) is 11.3 Å². The highest BCUT2D eigenvalue weighted by atomic mass is 32.1. The van der Waals surface area contributed by atoms with Crippen LogP contribution in [0.1, 0.15) is 55.5 Å². The first-order chi connectivity index (χ1) is 10.2. The lowest BCUT2D eigenvalue weighted by Gasteiger charge is -2.39. The summed E-state index contributed by atoms with van der Waals surface area (Å²) >= 11 is 1.69. The van der Waals surface area contributed by atoms with Crippen LogP contribution in [0, 0.1) is 5.41 Å². The summed E-state index contributed by atoms with van der Waals surface area (Å²) in [5.74, 6) is -0.0222. The third-order valence-electron chi connectivity index (χ3n) is 4.16. The Morgan fingerprint density at radius 3 is 2.77 bits per heavy atom. The van der Waals surface area contributed by atoms with Crippen molar-refractivity contribution in [2.75, 3.05) is 0 Å². The second kappa shape index (κ2) is 5.03. The molecule has 0 aliphatic heterocycles. The standard InChI is InChI=1S/C15H22N4O2S/c1-14(2)5-9-12(15(3,4)8-14)22-11(17-9)7-19-10(6-16)18-21-13(19)20/h5-8,16H2,1-4H3. The van der Waals surface area contributed by atoms with Gasteiger partial charge in [-0.2, -0.15) is 0 Å². The number of rotatable bonds is 3. The van der Waals surface area contributed by atoms with Gasteiger partial charge in [0.15, 0.2) is 5.82 Å².